The Morgan fingerprint density at radius 2 is 2.29 bits per heavy atom. The molecule has 0 aromatic heterocycles. The molecule has 2 bridgehead atoms. The highest BCUT2D eigenvalue weighted by Gasteiger charge is 2.58. The first-order valence-electron chi connectivity index (χ1n) is 5.24. The number of carboxylic acids is 1. The van der Waals surface area contributed by atoms with E-state index in [1.807, 2.05) is 0 Å². The molecule has 14 heavy (non-hydrogen) atoms. The Kier molecular flexibility index (Phi) is 1.82. The third kappa shape index (κ3) is 1.25. The summed E-state index contributed by atoms with van der Waals surface area (Å²) in [5.74, 6) is 0.949. The summed E-state index contributed by atoms with van der Waals surface area (Å²) in [5, 5.41) is 8.63. The van der Waals surface area contributed by atoms with Crippen LogP contribution >= 0.6 is 0 Å². The van der Waals surface area contributed by atoms with Crippen LogP contribution in [0.25, 0.3) is 0 Å². The summed E-state index contributed by atoms with van der Waals surface area (Å²) in [6, 6.07) is 0. The lowest BCUT2D eigenvalue weighted by Crippen LogP contribution is -2.31. The Hall–Kier alpha value is -0.610. The monoisotopic (exact) mass is 198 g/mol. The van der Waals surface area contributed by atoms with Gasteiger partial charge < -0.3 is 14.6 Å². The first kappa shape index (κ1) is 8.68. The highest BCUT2D eigenvalue weighted by molar-refractivity contribution is 5.66. The SMILES string of the molecule is O=C(O)CCC1C2OCC(O2)C2CC21. The van der Waals surface area contributed by atoms with E-state index in [1.165, 1.54) is 6.42 Å². The second-order valence-electron chi connectivity index (χ2n) is 4.54. The molecule has 0 amide bonds. The van der Waals surface area contributed by atoms with Gasteiger partial charge in [-0.1, -0.05) is 0 Å². The number of rotatable bonds is 3. The van der Waals surface area contributed by atoms with Crippen molar-refractivity contribution in [2.45, 2.75) is 31.7 Å². The quantitative estimate of drug-likeness (QED) is 0.730. The van der Waals surface area contributed by atoms with Crippen molar-refractivity contribution in [3.8, 4) is 0 Å². The van der Waals surface area contributed by atoms with Crippen molar-refractivity contribution in [1.29, 1.82) is 0 Å². The van der Waals surface area contributed by atoms with Gasteiger partial charge in [-0.15, -0.1) is 0 Å². The molecule has 78 valence electrons. The summed E-state index contributed by atoms with van der Waals surface area (Å²) < 4.78 is 11.2. The van der Waals surface area contributed by atoms with Gasteiger partial charge in [-0.05, 0) is 24.7 Å². The van der Waals surface area contributed by atoms with E-state index in [-0.39, 0.29) is 12.7 Å². The maximum atomic E-state index is 10.5. The fraction of sp³-hybridized carbons (Fsp3) is 0.900. The molecule has 3 fully saturated rings. The predicted octanol–water partition coefficient (Wildman–Crippen LogP) is 0.859. The predicted molar refractivity (Wildman–Crippen MR) is 46.6 cm³/mol. The van der Waals surface area contributed by atoms with E-state index >= 15 is 0 Å². The smallest absolute Gasteiger partial charge is 0.303 e. The van der Waals surface area contributed by atoms with Gasteiger partial charge in [-0.25, -0.2) is 0 Å². The minimum absolute atomic E-state index is 0.108. The van der Waals surface area contributed by atoms with Crippen LogP contribution < -0.4 is 0 Å². The average Bonchev–Trinajstić information content (AvgIpc) is 2.81. The van der Waals surface area contributed by atoms with Gasteiger partial charge in [0.2, 0.25) is 0 Å². The number of carbonyl (C=O) groups is 1. The molecule has 0 aromatic carbocycles. The molecule has 2 heterocycles. The van der Waals surface area contributed by atoms with E-state index in [9.17, 15) is 4.79 Å². The van der Waals surface area contributed by atoms with Gasteiger partial charge in [0, 0.05) is 12.3 Å². The summed E-state index contributed by atoms with van der Waals surface area (Å²) in [4.78, 5) is 10.5. The fourth-order valence-corrected chi connectivity index (χ4v) is 2.89. The summed E-state index contributed by atoms with van der Waals surface area (Å²) in [7, 11) is 0. The third-order valence-electron chi connectivity index (χ3n) is 3.69. The number of carboxylic acid groups (broad SMARTS) is 1. The largest absolute Gasteiger partial charge is 0.481 e. The number of ether oxygens (including phenoxy) is 2. The normalized spacial score (nSPS) is 48.7. The lowest BCUT2D eigenvalue weighted by Gasteiger charge is -2.26. The highest BCUT2D eigenvalue weighted by atomic mass is 16.7. The van der Waals surface area contributed by atoms with Crippen LogP contribution in [0.4, 0.5) is 0 Å². The molecule has 4 nitrogen and oxygen atoms in total. The second kappa shape index (κ2) is 2.94. The van der Waals surface area contributed by atoms with E-state index in [1.54, 1.807) is 0 Å². The van der Waals surface area contributed by atoms with Crippen LogP contribution in [0.1, 0.15) is 19.3 Å². The van der Waals surface area contributed by atoms with Crippen molar-refractivity contribution in [3.63, 3.8) is 0 Å². The number of aliphatic carboxylic acids is 1. The Balaban J connectivity index is 1.65. The lowest BCUT2D eigenvalue weighted by atomic mass is 9.93. The van der Waals surface area contributed by atoms with Crippen LogP contribution in [0.3, 0.4) is 0 Å². The van der Waals surface area contributed by atoms with Crippen LogP contribution in [0.15, 0.2) is 0 Å². The molecule has 3 aliphatic rings. The van der Waals surface area contributed by atoms with Gasteiger partial charge in [-0.2, -0.15) is 0 Å². The zero-order valence-corrected chi connectivity index (χ0v) is 7.89. The van der Waals surface area contributed by atoms with Gasteiger partial charge in [0.1, 0.15) is 0 Å². The maximum absolute atomic E-state index is 10.5. The van der Waals surface area contributed by atoms with E-state index in [2.05, 4.69) is 0 Å². The van der Waals surface area contributed by atoms with Gasteiger partial charge in [0.05, 0.1) is 12.7 Å². The number of fused-ring (bicyclic) bond motifs is 4. The molecule has 1 N–H and O–H groups in total. The standard InChI is InChI=1S/C10H14O4/c11-9(12)2-1-5-6-3-7(6)8-4-13-10(5)14-8/h5-8,10H,1-4H2,(H,11,12). The van der Waals surface area contributed by atoms with Crippen LogP contribution in [0, 0.1) is 17.8 Å². The number of hydrogen-bond donors (Lipinski definition) is 1. The highest BCUT2D eigenvalue weighted by Crippen LogP contribution is 2.56. The average molecular weight is 198 g/mol. The summed E-state index contributed by atoms with van der Waals surface area (Å²) in [5.41, 5.74) is 0. The Labute approximate surface area is 82.2 Å². The van der Waals surface area contributed by atoms with E-state index in [0.29, 0.717) is 30.3 Å². The molecule has 1 aliphatic carbocycles. The van der Waals surface area contributed by atoms with Crippen molar-refractivity contribution in [3.05, 3.63) is 0 Å². The fourth-order valence-electron chi connectivity index (χ4n) is 2.89. The van der Waals surface area contributed by atoms with E-state index in [0.717, 1.165) is 6.61 Å². The van der Waals surface area contributed by atoms with Crippen molar-refractivity contribution < 1.29 is 19.4 Å². The molecule has 0 spiro atoms. The van der Waals surface area contributed by atoms with Gasteiger partial charge in [-0.3, -0.25) is 4.79 Å². The minimum Gasteiger partial charge on any atom is -0.481 e. The molecule has 1 saturated carbocycles. The van der Waals surface area contributed by atoms with Crippen molar-refractivity contribution in [1.82, 2.24) is 0 Å². The summed E-state index contributed by atoms with van der Waals surface area (Å²) in [6.07, 6.45) is 2.36. The maximum Gasteiger partial charge on any atom is 0.303 e. The molecular weight excluding hydrogens is 184 g/mol. The molecule has 5 atom stereocenters. The molecule has 2 saturated heterocycles. The minimum atomic E-state index is -0.720. The van der Waals surface area contributed by atoms with Crippen molar-refractivity contribution in [2.75, 3.05) is 6.61 Å². The van der Waals surface area contributed by atoms with Crippen molar-refractivity contribution in [2.24, 2.45) is 17.8 Å². The first-order chi connectivity index (χ1) is 6.75. The topological polar surface area (TPSA) is 55.8 Å². The molecule has 2 aliphatic heterocycles. The summed E-state index contributed by atoms with van der Waals surface area (Å²) in [6.45, 7) is 0.718. The Morgan fingerprint density at radius 1 is 1.43 bits per heavy atom. The van der Waals surface area contributed by atoms with Gasteiger partial charge in [0.15, 0.2) is 6.29 Å². The Bertz CT molecular complexity index is 265. The molecule has 5 unspecified atom stereocenters. The number of hydrogen-bond acceptors (Lipinski definition) is 3. The van der Waals surface area contributed by atoms with Gasteiger partial charge >= 0.3 is 5.97 Å². The van der Waals surface area contributed by atoms with Crippen molar-refractivity contribution >= 4 is 5.97 Å². The second-order valence-corrected chi connectivity index (χ2v) is 4.54. The lowest BCUT2D eigenvalue weighted by molar-refractivity contribution is -0.142. The zero-order valence-electron chi connectivity index (χ0n) is 7.89. The van der Waals surface area contributed by atoms with E-state index < -0.39 is 5.97 Å². The molecular formula is C10H14O4. The van der Waals surface area contributed by atoms with Crippen LogP contribution in [0.2, 0.25) is 0 Å². The Morgan fingerprint density at radius 3 is 3.07 bits per heavy atom. The first-order valence-corrected chi connectivity index (χ1v) is 5.24. The van der Waals surface area contributed by atoms with E-state index in [4.69, 9.17) is 14.6 Å². The van der Waals surface area contributed by atoms with Gasteiger partial charge in [0.25, 0.3) is 0 Å². The molecule has 4 heteroatoms. The third-order valence-corrected chi connectivity index (χ3v) is 3.69. The zero-order chi connectivity index (χ0) is 9.71. The molecule has 3 rings (SSSR count). The molecule has 0 radical (unpaired) electrons. The molecule has 0 aromatic rings. The van der Waals surface area contributed by atoms with Crippen LogP contribution in [-0.4, -0.2) is 30.1 Å². The summed E-state index contributed by atoms with van der Waals surface area (Å²) >= 11 is 0. The van der Waals surface area contributed by atoms with Crippen LogP contribution in [0.5, 0.6) is 0 Å². The van der Waals surface area contributed by atoms with Crippen LogP contribution in [-0.2, 0) is 14.3 Å².